The molecular formula is C24H37N3O2. The van der Waals surface area contributed by atoms with Crippen molar-refractivity contribution in [2.24, 2.45) is 16.6 Å². The van der Waals surface area contributed by atoms with Crippen molar-refractivity contribution in [1.29, 1.82) is 0 Å². The minimum Gasteiger partial charge on any atom is -0.439 e. The van der Waals surface area contributed by atoms with Crippen molar-refractivity contribution in [1.82, 2.24) is 5.32 Å². The average Bonchev–Trinajstić information content (AvgIpc) is 2.71. The van der Waals surface area contributed by atoms with Crippen molar-refractivity contribution in [3.8, 4) is 5.75 Å². The second-order valence-corrected chi connectivity index (χ2v) is 7.30. The van der Waals surface area contributed by atoms with Gasteiger partial charge in [0.2, 0.25) is 11.8 Å². The standard InChI is InChI=1S/C24H37N3O2/c1-6-9-10-23(27-16-19(5)24(25)28)29-22-12-11-21(15-18(22)4)17-26-14-13-20(7-2)8-3/h9-12,15-16,20,26H,6-8,13-14,17H2,1-5H3,(H2,25,28)/b10-9+,19-16+,27-23-. The van der Waals surface area contributed by atoms with Gasteiger partial charge < -0.3 is 15.8 Å². The molecule has 0 atom stereocenters. The third-order valence-corrected chi connectivity index (χ3v) is 4.94. The third kappa shape index (κ3) is 9.57. The maximum Gasteiger partial charge on any atom is 0.245 e. The molecule has 0 radical (unpaired) electrons. The van der Waals surface area contributed by atoms with Crippen LogP contribution >= 0.6 is 0 Å². The zero-order chi connectivity index (χ0) is 21.6. The highest BCUT2D eigenvalue weighted by Crippen LogP contribution is 2.20. The Hall–Kier alpha value is -2.40. The number of nitrogens with two attached hydrogens (primary N) is 1. The first-order chi connectivity index (χ1) is 13.9. The normalized spacial score (nSPS) is 12.8. The third-order valence-electron chi connectivity index (χ3n) is 4.94. The number of hydrogen-bond donors (Lipinski definition) is 2. The Balaban J connectivity index is 2.77. The fraction of sp³-hybridized carbons (Fsp3) is 0.500. The van der Waals surface area contributed by atoms with E-state index in [1.54, 1.807) is 13.0 Å². The summed E-state index contributed by atoms with van der Waals surface area (Å²) in [5.41, 5.74) is 7.90. The number of carbonyl (C=O) groups excluding carboxylic acids is 1. The summed E-state index contributed by atoms with van der Waals surface area (Å²) in [6.07, 6.45) is 9.76. The smallest absolute Gasteiger partial charge is 0.245 e. The zero-order valence-electron chi connectivity index (χ0n) is 18.6. The molecule has 5 nitrogen and oxygen atoms in total. The van der Waals surface area contributed by atoms with Crippen molar-refractivity contribution in [3.05, 3.63) is 53.3 Å². The summed E-state index contributed by atoms with van der Waals surface area (Å²) in [4.78, 5) is 15.4. The molecule has 1 amide bonds. The SMILES string of the molecule is CC/C=C/C(=N/C=C(\C)C(N)=O)Oc1ccc(CNCCC(CC)CC)cc1C. The van der Waals surface area contributed by atoms with Gasteiger partial charge in [-0.3, -0.25) is 4.79 Å². The molecule has 1 aromatic carbocycles. The van der Waals surface area contributed by atoms with E-state index < -0.39 is 5.91 Å². The summed E-state index contributed by atoms with van der Waals surface area (Å²) in [6, 6.07) is 6.16. The summed E-state index contributed by atoms with van der Waals surface area (Å²) in [5, 5.41) is 3.53. The minimum atomic E-state index is -0.496. The first-order valence-electron chi connectivity index (χ1n) is 10.6. The van der Waals surface area contributed by atoms with Crippen LogP contribution in [0.3, 0.4) is 0 Å². The first-order valence-corrected chi connectivity index (χ1v) is 10.6. The number of carbonyl (C=O) groups is 1. The molecule has 0 aliphatic heterocycles. The lowest BCUT2D eigenvalue weighted by Crippen LogP contribution is -2.17. The number of benzene rings is 1. The van der Waals surface area contributed by atoms with Gasteiger partial charge in [0.05, 0.1) is 0 Å². The highest BCUT2D eigenvalue weighted by atomic mass is 16.5. The number of primary amides is 1. The Labute approximate surface area is 176 Å². The fourth-order valence-electron chi connectivity index (χ4n) is 2.83. The highest BCUT2D eigenvalue weighted by Gasteiger charge is 2.06. The van der Waals surface area contributed by atoms with Gasteiger partial charge >= 0.3 is 0 Å². The van der Waals surface area contributed by atoms with Crippen LogP contribution in [0.25, 0.3) is 0 Å². The number of aliphatic imine (C=N–C) groups is 1. The Morgan fingerprint density at radius 2 is 2.00 bits per heavy atom. The van der Waals surface area contributed by atoms with Gasteiger partial charge in [-0.2, -0.15) is 0 Å². The predicted molar refractivity (Wildman–Crippen MR) is 122 cm³/mol. The topological polar surface area (TPSA) is 76.7 Å². The highest BCUT2D eigenvalue weighted by molar-refractivity contribution is 5.93. The van der Waals surface area contributed by atoms with E-state index in [0.29, 0.717) is 11.5 Å². The van der Waals surface area contributed by atoms with E-state index >= 15 is 0 Å². The number of allylic oxidation sites excluding steroid dienone is 1. The largest absolute Gasteiger partial charge is 0.439 e. The Kier molecular flexibility index (Phi) is 11.7. The molecule has 3 N–H and O–H groups in total. The Bertz CT molecular complexity index is 732. The van der Waals surface area contributed by atoms with Crippen LogP contribution in [-0.4, -0.2) is 18.3 Å². The molecule has 160 valence electrons. The average molecular weight is 400 g/mol. The number of nitrogens with one attached hydrogen (secondary N) is 1. The second-order valence-electron chi connectivity index (χ2n) is 7.30. The zero-order valence-corrected chi connectivity index (χ0v) is 18.6. The van der Waals surface area contributed by atoms with Crippen LogP contribution < -0.4 is 15.8 Å². The number of hydrogen-bond acceptors (Lipinski definition) is 4. The van der Waals surface area contributed by atoms with Crippen molar-refractivity contribution in [2.75, 3.05) is 6.54 Å². The maximum absolute atomic E-state index is 11.2. The summed E-state index contributed by atoms with van der Waals surface area (Å²) in [5.74, 6) is 1.48. The van der Waals surface area contributed by atoms with E-state index in [4.69, 9.17) is 10.5 Å². The molecule has 0 heterocycles. The molecule has 1 aromatic rings. The first kappa shape index (κ1) is 24.6. The van der Waals surface area contributed by atoms with Gasteiger partial charge in [0.1, 0.15) is 5.75 Å². The van der Waals surface area contributed by atoms with Gasteiger partial charge in [0.25, 0.3) is 0 Å². The van der Waals surface area contributed by atoms with Gasteiger partial charge in [0.15, 0.2) is 0 Å². The van der Waals surface area contributed by atoms with Gasteiger partial charge in [-0.1, -0.05) is 51.8 Å². The summed E-state index contributed by atoms with van der Waals surface area (Å²) in [7, 11) is 0. The molecule has 0 aliphatic rings. The number of nitrogens with zero attached hydrogens (tertiary/aromatic N) is 1. The molecule has 5 heteroatoms. The lowest BCUT2D eigenvalue weighted by atomic mass is 10.00. The molecule has 0 spiro atoms. The quantitative estimate of drug-likeness (QED) is 0.224. The molecule has 1 rings (SSSR count). The van der Waals surface area contributed by atoms with Crippen LogP contribution in [0, 0.1) is 12.8 Å². The summed E-state index contributed by atoms with van der Waals surface area (Å²) < 4.78 is 5.96. The van der Waals surface area contributed by atoms with E-state index in [-0.39, 0.29) is 0 Å². The van der Waals surface area contributed by atoms with E-state index in [1.807, 2.05) is 26.0 Å². The molecule has 0 saturated heterocycles. The van der Waals surface area contributed by atoms with Crippen LogP contribution in [0.1, 0.15) is 64.5 Å². The van der Waals surface area contributed by atoms with Gasteiger partial charge in [-0.15, -0.1) is 0 Å². The van der Waals surface area contributed by atoms with Gasteiger partial charge in [-0.25, -0.2) is 4.99 Å². The molecule has 0 saturated carbocycles. The van der Waals surface area contributed by atoms with Crippen LogP contribution in [0.4, 0.5) is 0 Å². The van der Waals surface area contributed by atoms with Crippen LogP contribution in [-0.2, 0) is 11.3 Å². The monoisotopic (exact) mass is 399 g/mol. The molecule has 0 aliphatic carbocycles. The molecule has 0 bridgehead atoms. The van der Waals surface area contributed by atoms with E-state index in [2.05, 4.69) is 36.3 Å². The van der Waals surface area contributed by atoms with Crippen LogP contribution in [0.2, 0.25) is 0 Å². The van der Waals surface area contributed by atoms with Crippen molar-refractivity contribution < 1.29 is 9.53 Å². The van der Waals surface area contributed by atoms with Crippen molar-refractivity contribution in [3.63, 3.8) is 0 Å². The van der Waals surface area contributed by atoms with Crippen LogP contribution in [0.5, 0.6) is 5.75 Å². The second kappa shape index (κ2) is 13.7. The lowest BCUT2D eigenvalue weighted by Gasteiger charge is -2.13. The lowest BCUT2D eigenvalue weighted by molar-refractivity contribution is -0.114. The number of rotatable bonds is 12. The molecule has 29 heavy (non-hydrogen) atoms. The van der Waals surface area contributed by atoms with Crippen molar-refractivity contribution >= 4 is 11.8 Å². The van der Waals surface area contributed by atoms with E-state index in [0.717, 1.165) is 36.7 Å². The van der Waals surface area contributed by atoms with E-state index in [9.17, 15) is 4.79 Å². The number of aryl methyl sites for hydroxylation is 1. The summed E-state index contributed by atoms with van der Waals surface area (Å²) in [6.45, 7) is 12.1. The predicted octanol–water partition coefficient (Wildman–Crippen LogP) is 5.04. The molecule has 0 fully saturated rings. The molecule has 0 unspecified atom stereocenters. The molecular weight excluding hydrogens is 362 g/mol. The maximum atomic E-state index is 11.2. The number of ether oxygens (including phenoxy) is 1. The Morgan fingerprint density at radius 3 is 2.59 bits per heavy atom. The summed E-state index contributed by atoms with van der Waals surface area (Å²) >= 11 is 0. The number of amides is 1. The molecule has 0 aromatic heterocycles. The van der Waals surface area contributed by atoms with E-state index in [1.165, 1.54) is 31.0 Å². The minimum absolute atomic E-state index is 0.377. The van der Waals surface area contributed by atoms with Gasteiger partial charge in [-0.05, 0) is 62.4 Å². The van der Waals surface area contributed by atoms with Gasteiger partial charge in [0, 0.05) is 18.3 Å². The fourth-order valence-corrected chi connectivity index (χ4v) is 2.83. The van der Waals surface area contributed by atoms with Crippen LogP contribution in [0.15, 0.2) is 47.1 Å². The Morgan fingerprint density at radius 1 is 1.28 bits per heavy atom. The van der Waals surface area contributed by atoms with Crippen molar-refractivity contribution in [2.45, 2.75) is 66.8 Å².